The number of rotatable bonds is 4. The Morgan fingerprint density at radius 3 is 2.00 bits per heavy atom. The molecule has 4 heteroatoms. The smallest absolute Gasteiger partial charge is 0.207 e. The van der Waals surface area contributed by atoms with Gasteiger partial charge in [0.15, 0.2) is 0 Å². The van der Waals surface area contributed by atoms with Gasteiger partial charge in [0.05, 0.1) is 18.0 Å². The van der Waals surface area contributed by atoms with Gasteiger partial charge in [0.25, 0.3) is 0 Å². The molecular formula is C27H21NO2S. The number of aryl methyl sites for hydroxylation is 1. The van der Waals surface area contributed by atoms with Crippen molar-refractivity contribution in [2.75, 3.05) is 13.1 Å². The van der Waals surface area contributed by atoms with Crippen LogP contribution < -0.4 is 0 Å². The Labute approximate surface area is 184 Å². The summed E-state index contributed by atoms with van der Waals surface area (Å²) in [6, 6.07) is 23.5. The van der Waals surface area contributed by atoms with Gasteiger partial charge in [-0.15, -0.1) is 6.42 Å². The third kappa shape index (κ3) is 5.88. The molecule has 3 aromatic rings. The van der Waals surface area contributed by atoms with Crippen molar-refractivity contribution in [3.05, 3.63) is 101 Å². The van der Waals surface area contributed by atoms with Crippen LogP contribution in [0.25, 0.3) is 0 Å². The van der Waals surface area contributed by atoms with Gasteiger partial charge in [-0.2, -0.15) is 4.31 Å². The molecule has 0 aliphatic rings. The first kappa shape index (κ1) is 21.9. The summed E-state index contributed by atoms with van der Waals surface area (Å²) in [5.74, 6) is 14.5. The van der Waals surface area contributed by atoms with Crippen molar-refractivity contribution < 1.29 is 8.42 Å². The fraction of sp³-hybridized carbons (Fsp3) is 0.111. The van der Waals surface area contributed by atoms with Crippen molar-refractivity contribution in [2.24, 2.45) is 0 Å². The Kier molecular flexibility index (Phi) is 7.31. The molecule has 0 aliphatic carbocycles. The highest BCUT2D eigenvalue weighted by molar-refractivity contribution is 7.89. The van der Waals surface area contributed by atoms with E-state index in [1.807, 2.05) is 55.5 Å². The molecule has 0 aliphatic heterocycles. The highest BCUT2D eigenvalue weighted by Crippen LogP contribution is 2.16. The molecule has 0 aromatic heterocycles. The number of benzene rings is 3. The maximum absolute atomic E-state index is 13.2. The first-order chi connectivity index (χ1) is 15.0. The fourth-order valence-corrected chi connectivity index (χ4v) is 4.02. The Morgan fingerprint density at radius 2 is 1.35 bits per heavy atom. The summed E-state index contributed by atoms with van der Waals surface area (Å²) >= 11 is 0. The third-order valence-corrected chi connectivity index (χ3v) is 6.29. The van der Waals surface area contributed by atoms with Crippen molar-refractivity contribution in [1.82, 2.24) is 4.31 Å². The van der Waals surface area contributed by atoms with Crippen LogP contribution in [0.5, 0.6) is 0 Å². The van der Waals surface area contributed by atoms with E-state index >= 15 is 0 Å². The van der Waals surface area contributed by atoms with Crippen molar-refractivity contribution in [1.29, 1.82) is 0 Å². The summed E-state index contributed by atoms with van der Waals surface area (Å²) in [6.45, 7) is 1.93. The maximum atomic E-state index is 13.2. The van der Waals surface area contributed by atoms with Crippen molar-refractivity contribution in [2.45, 2.75) is 11.8 Å². The summed E-state index contributed by atoms with van der Waals surface area (Å²) in [5, 5.41) is 0. The molecule has 152 valence electrons. The molecule has 0 atom stereocenters. The van der Waals surface area contributed by atoms with Crippen LogP contribution in [0.4, 0.5) is 0 Å². The summed E-state index contributed by atoms with van der Waals surface area (Å²) in [7, 11) is -3.75. The zero-order valence-corrected chi connectivity index (χ0v) is 18.0. The van der Waals surface area contributed by atoms with Crippen LogP contribution in [0.1, 0.15) is 22.3 Å². The fourth-order valence-electron chi connectivity index (χ4n) is 2.78. The molecule has 0 radical (unpaired) electrons. The van der Waals surface area contributed by atoms with Gasteiger partial charge >= 0.3 is 0 Å². The van der Waals surface area contributed by atoms with Crippen molar-refractivity contribution in [3.63, 3.8) is 0 Å². The largest absolute Gasteiger partial charge is 0.244 e. The Balaban J connectivity index is 1.89. The number of hydrogen-bond donors (Lipinski definition) is 0. The lowest BCUT2D eigenvalue weighted by molar-refractivity contribution is 0.482. The predicted molar refractivity (Wildman–Crippen MR) is 125 cm³/mol. The SMILES string of the molecule is C#Cc1ccccc1C#CCN(CC#Cc1ccccc1)S(=O)(=O)c1ccc(C)cc1. The van der Waals surface area contributed by atoms with Gasteiger partial charge in [-0.1, -0.05) is 77.6 Å². The normalized spacial score (nSPS) is 10.4. The molecule has 3 nitrogen and oxygen atoms in total. The molecule has 0 fully saturated rings. The van der Waals surface area contributed by atoms with Crippen LogP contribution in [-0.2, 0) is 10.0 Å². The van der Waals surface area contributed by atoms with Gasteiger partial charge in [0, 0.05) is 16.7 Å². The van der Waals surface area contributed by atoms with E-state index in [1.54, 1.807) is 30.3 Å². The first-order valence-electron chi connectivity index (χ1n) is 9.66. The van der Waals surface area contributed by atoms with E-state index in [1.165, 1.54) is 4.31 Å². The molecule has 0 unspecified atom stereocenters. The van der Waals surface area contributed by atoms with Gasteiger partial charge in [0.1, 0.15) is 0 Å². The zero-order chi connectivity index (χ0) is 22.1. The highest BCUT2D eigenvalue weighted by atomic mass is 32.2. The summed E-state index contributed by atoms with van der Waals surface area (Å²) in [4.78, 5) is 0.213. The summed E-state index contributed by atoms with van der Waals surface area (Å²) in [5.41, 5.74) is 3.17. The van der Waals surface area contributed by atoms with Crippen LogP contribution in [0.3, 0.4) is 0 Å². The van der Waals surface area contributed by atoms with Crippen LogP contribution in [0.2, 0.25) is 0 Å². The number of hydrogen-bond acceptors (Lipinski definition) is 2. The van der Waals surface area contributed by atoms with Crippen molar-refractivity contribution in [3.8, 4) is 36.0 Å². The molecular weight excluding hydrogens is 402 g/mol. The van der Waals surface area contributed by atoms with E-state index in [0.717, 1.165) is 11.1 Å². The lowest BCUT2D eigenvalue weighted by atomic mass is 10.1. The molecule has 0 spiro atoms. The van der Waals surface area contributed by atoms with Crippen LogP contribution in [-0.4, -0.2) is 25.8 Å². The predicted octanol–water partition coefficient (Wildman–Crippen LogP) is 4.07. The molecule has 0 saturated heterocycles. The minimum Gasteiger partial charge on any atom is -0.207 e. The van der Waals surface area contributed by atoms with E-state index in [2.05, 4.69) is 29.6 Å². The first-order valence-corrected chi connectivity index (χ1v) is 11.1. The second-order valence-electron chi connectivity index (χ2n) is 6.75. The average Bonchev–Trinajstić information content (AvgIpc) is 2.79. The van der Waals surface area contributed by atoms with Crippen LogP contribution >= 0.6 is 0 Å². The van der Waals surface area contributed by atoms with E-state index in [4.69, 9.17) is 6.42 Å². The Bertz CT molecular complexity index is 1310. The Hall–Kier alpha value is -3.75. The van der Waals surface area contributed by atoms with Gasteiger partial charge in [0.2, 0.25) is 10.0 Å². The molecule has 0 heterocycles. The highest BCUT2D eigenvalue weighted by Gasteiger charge is 2.22. The second-order valence-corrected chi connectivity index (χ2v) is 8.68. The topological polar surface area (TPSA) is 37.4 Å². The van der Waals surface area contributed by atoms with Crippen LogP contribution in [0.15, 0.2) is 83.8 Å². The van der Waals surface area contributed by atoms with Gasteiger partial charge < -0.3 is 0 Å². The standard InChI is InChI=1S/C27H21NO2S/c1-3-25-14-7-8-15-26(25)16-10-22-28(21-9-13-24-11-5-4-6-12-24)31(29,30)27-19-17-23(2)18-20-27/h1,4-8,11-12,14-15,17-20H,21-22H2,2H3. The molecule has 0 N–H and O–H groups in total. The molecule has 3 aromatic carbocycles. The molecule has 3 rings (SSSR count). The third-order valence-electron chi connectivity index (χ3n) is 4.48. The molecule has 31 heavy (non-hydrogen) atoms. The maximum Gasteiger partial charge on any atom is 0.244 e. The van der Waals surface area contributed by atoms with Gasteiger partial charge in [-0.05, 0) is 43.3 Å². The van der Waals surface area contributed by atoms with E-state index < -0.39 is 10.0 Å². The van der Waals surface area contributed by atoms with E-state index in [0.29, 0.717) is 11.1 Å². The van der Waals surface area contributed by atoms with Gasteiger partial charge in [-0.3, -0.25) is 0 Å². The van der Waals surface area contributed by atoms with Crippen molar-refractivity contribution >= 4 is 10.0 Å². The quantitative estimate of drug-likeness (QED) is 0.593. The molecule has 0 amide bonds. The number of nitrogens with zero attached hydrogens (tertiary/aromatic N) is 1. The van der Waals surface area contributed by atoms with Crippen LogP contribution in [0, 0.1) is 42.9 Å². The summed E-state index contributed by atoms with van der Waals surface area (Å²) in [6.07, 6.45) is 5.52. The van der Waals surface area contributed by atoms with Gasteiger partial charge in [-0.25, -0.2) is 8.42 Å². The van der Waals surface area contributed by atoms with E-state index in [9.17, 15) is 8.42 Å². The lowest BCUT2D eigenvalue weighted by Gasteiger charge is -2.17. The average molecular weight is 424 g/mol. The Morgan fingerprint density at radius 1 is 0.774 bits per heavy atom. The second kappa shape index (κ2) is 10.3. The zero-order valence-electron chi connectivity index (χ0n) is 17.2. The minimum atomic E-state index is -3.75. The van der Waals surface area contributed by atoms with E-state index in [-0.39, 0.29) is 18.0 Å². The molecule has 0 saturated carbocycles. The number of terminal acetylenes is 1. The number of sulfonamides is 1. The summed E-state index contributed by atoms with van der Waals surface area (Å²) < 4.78 is 27.7. The monoisotopic (exact) mass is 423 g/mol. The molecule has 0 bridgehead atoms. The lowest BCUT2D eigenvalue weighted by Crippen LogP contribution is -2.32. The minimum absolute atomic E-state index is 0.00140.